The summed E-state index contributed by atoms with van der Waals surface area (Å²) in [4.78, 5) is 0. The molecule has 3 heteroatoms. The van der Waals surface area contributed by atoms with Crippen LogP contribution in [0.1, 0.15) is 25.5 Å². The number of rotatable bonds is 4. The summed E-state index contributed by atoms with van der Waals surface area (Å²) < 4.78 is 1.24. The van der Waals surface area contributed by atoms with E-state index >= 15 is 0 Å². The van der Waals surface area contributed by atoms with Gasteiger partial charge in [-0.15, -0.1) is 11.3 Å². The summed E-state index contributed by atoms with van der Waals surface area (Å²) in [6, 6.07) is 10.4. The molecule has 17 heavy (non-hydrogen) atoms. The summed E-state index contributed by atoms with van der Waals surface area (Å²) in [5.74, 6) is 0.552. The van der Waals surface area contributed by atoms with Crippen LogP contribution in [0.2, 0.25) is 0 Å². The largest absolute Gasteiger partial charge is 0.298 e. The fraction of sp³-hybridized carbons (Fsp3) is 0.357. The molecule has 0 spiro atoms. The van der Waals surface area contributed by atoms with Gasteiger partial charge in [0.05, 0.1) is 6.07 Å². The molecule has 1 unspecified atom stereocenters. The first-order valence-electron chi connectivity index (χ1n) is 5.81. The number of hydrogen-bond acceptors (Lipinski definition) is 3. The van der Waals surface area contributed by atoms with Crippen LogP contribution < -0.4 is 5.32 Å². The van der Waals surface area contributed by atoms with E-state index in [1.54, 1.807) is 11.3 Å². The molecule has 0 aliphatic heterocycles. The Balaban J connectivity index is 2.28. The molecule has 0 aliphatic rings. The van der Waals surface area contributed by atoms with E-state index in [9.17, 15) is 5.26 Å². The van der Waals surface area contributed by atoms with E-state index in [1.165, 1.54) is 10.1 Å². The smallest absolute Gasteiger partial charge is 0.122 e. The number of hydrogen-bond donors (Lipinski definition) is 1. The normalized spacial score (nSPS) is 12.8. The number of nitrogens with one attached hydrogen (secondary N) is 1. The third-order valence-electron chi connectivity index (χ3n) is 2.68. The topological polar surface area (TPSA) is 35.8 Å². The van der Waals surface area contributed by atoms with Gasteiger partial charge in [-0.2, -0.15) is 5.26 Å². The Morgan fingerprint density at radius 1 is 1.35 bits per heavy atom. The average Bonchev–Trinajstić information content (AvgIpc) is 2.74. The summed E-state index contributed by atoms with van der Waals surface area (Å²) in [5.41, 5.74) is 1.11. The van der Waals surface area contributed by atoms with E-state index in [1.807, 2.05) is 12.1 Å². The Morgan fingerprint density at radius 3 is 2.82 bits per heavy atom. The molecule has 0 fully saturated rings. The fourth-order valence-corrected chi connectivity index (χ4v) is 2.79. The number of nitrogens with zero attached hydrogens (tertiary/aromatic N) is 1. The quantitative estimate of drug-likeness (QED) is 0.890. The minimum atomic E-state index is -0.200. The van der Waals surface area contributed by atoms with Crippen LogP contribution in [0.25, 0.3) is 10.1 Å². The third-order valence-corrected chi connectivity index (χ3v) is 3.66. The van der Waals surface area contributed by atoms with Gasteiger partial charge in [-0.1, -0.05) is 32.0 Å². The van der Waals surface area contributed by atoms with Gasteiger partial charge < -0.3 is 0 Å². The zero-order valence-corrected chi connectivity index (χ0v) is 10.9. The standard InChI is InChI=1S/C14H16N2S/c1-10(2)8-16-13(7-15)12-9-17-14-6-4-3-5-11(12)14/h3-6,9-10,13,16H,8H2,1-2H3. The van der Waals surface area contributed by atoms with E-state index in [0.29, 0.717) is 5.92 Å². The molecule has 0 saturated heterocycles. The van der Waals surface area contributed by atoms with Crippen molar-refractivity contribution in [1.29, 1.82) is 5.26 Å². The fourth-order valence-electron chi connectivity index (χ4n) is 1.80. The molecule has 0 bridgehead atoms. The lowest BCUT2D eigenvalue weighted by Gasteiger charge is -2.12. The Labute approximate surface area is 106 Å². The zero-order chi connectivity index (χ0) is 12.3. The third kappa shape index (κ3) is 2.66. The highest BCUT2D eigenvalue weighted by Gasteiger charge is 2.14. The van der Waals surface area contributed by atoms with Crippen molar-refractivity contribution in [2.45, 2.75) is 19.9 Å². The van der Waals surface area contributed by atoms with Gasteiger partial charge in [0.15, 0.2) is 0 Å². The number of nitriles is 1. The lowest BCUT2D eigenvalue weighted by Crippen LogP contribution is -2.24. The second kappa shape index (κ2) is 5.31. The van der Waals surface area contributed by atoms with Crippen molar-refractivity contribution in [3.8, 4) is 6.07 Å². The molecule has 0 saturated carbocycles. The van der Waals surface area contributed by atoms with Crippen molar-refractivity contribution >= 4 is 21.4 Å². The minimum absolute atomic E-state index is 0.200. The number of benzene rings is 1. The van der Waals surface area contributed by atoms with Crippen molar-refractivity contribution in [1.82, 2.24) is 5.32 Å². The van der Waals surface area contributed by atoms with Gasteiger partial charge in [0.2, 0.25) is 0 Å². The van der Waals surface area contributed by atoms with Gasteiger partial charge in [-0.05, 0) is 29.3 Å². The van der Waals surface area contributed by atoms with E-state index in [4.69, 9.17) is 0 Å². The highest BCUT2D eigenvalue weighted by atomic mass is 32.1. The van der Waals surface area contributed by atoms with Crippen LogP contribution in [0.4, 0.5) is 0 Å². The molecule has 88 valence electrons. The van der Waals surface area contributed by atoms with Crippen LogP contribution >= 0.6 is 11.3 Å². The van der Waals surface area contributed by atoms with Gasteiger partial charge in [0.25, 0.3) is 0 Å². The molecule has 1 aromatic carbocycles. The predicted molar refractivity (Wildman–Crippen MR) is 73.0 cm³/mol. The monoisotopic (exact) mass is 244 g/mol. The second-order valence-corrected chi connectivity index (χ2v) is 5.46. The summed E-state index contributed by atoms with van der Waals surface area (Å²) in [6.07, 6.45) is 0. The maximum atomic E-state index is 9.26. The Kier molecular flexibility index (Phi) is 3.78. The van der Waals surface area contributed by atoms with Gasteiger partial charge in [0.1, 0.15) is 6.04 Å². The van der Waals surface area contributed by atoms with E-state index in [2.05, 4.69) is 42.7 Å². The molecule has 1 heterocycles. The van der Waals surface area contributed by atoms with Crippen molar-refractivity contribution in [2.24, 2.45) is 5.92 Å². The van der Waals surface area contributed by atoms with Gasteiger partial charge in [-0.3, -0.25) is 5.32 Å². The van der Waals surface area contributed by atoms with Crippen molar-refractivity contribution in [3.63, 3.8) is 0 Å². The van der Waals surface area contributed by atoms with Crippen LogP contribution in [0.15, 0.2) is 29.6 Å². The first-order chi connectivity index (χ1) is 8.22. The number of fused-ring (bicyclic) bond motifs is 1. The summed E-state index contributed by atoms with van der Waals surface area (Å²) in [5, 5.41) is 15.9. The van der Waals surface area contributed by atoms with Crippen LogP contribution in [-0.2, 0) is 0 Å². The summed E-state index contributed by atoms with van der Waals surface area (Å²) in [6.45, 7) is 5.16. The van der Waals surface area contributed by atoms with E-state index < -0.39 is 0 Å². The molecule has 0 aliphatic carbocycles. The molecule has 0 radical (unpaired) electrons. The molecule has 1 atom stereocenters. The maximum Gasteiger partial charge on any atom is 0.122 e. The lowest BCUT2D eigenvalue weighted by molar-refractivity contribution is 0.527. The van der Waals surface area contributed by atoms with Gasteiger partial charge in [-0.25, -0.2) is 0 Å². The van der Waals surface area contributed by atoms with Gasteiger partial charge >= 0.3 is 0 Å². The van der Waals surface area contributed by atoms with Crippen molar-refractivity contribution < 1.29 is 0 Å². The predicted octanol–water partition coefficient (Wildman–Crippen LogP) is 3.71. The lowest BCUT2D eigenvalue weighted by atomic mass is 10.1. The highest BCUT2D eigenvalue weighted by molar-refractivity contribution is 7.17. The minimum Gasteiger partial charge on any atom is -0.298 e. The second-order valence-electron chi connectivity index (χ2n) is 4.55. The number of thiophene rings is 1. The Bertz CT molecular complexity index is 536. The molecular weight excluding hydrogens is 228 g/mol. The molecular formula is C14H16N2S. The summed E-state index contributed by atoms with van der Waals surface area (Å²) in [7, 11) is 0. The van der Waals surface area contributed by atoms with Crippen LogP contribution in [-0.4, -0.2) is 6.54 Å². The molecule has 2 rings (SSSR count). The van der Waals surface area contributed by atoms with Crippen molar-refractivity contribution in [3.05, 3.63) is 35.2 Å². The van der Waals surface area contributed by atoms with Crippen molar-refractivity contribution in [2.75, 3.05) is 6.54 Å². The van der Waals surface area contributed by atoms with E-state index in [-0.39, 0.29) is 6.04 Å². The molecule has 1 aromatic heterocycles. The zero-order valence-electron chi connectivity index (χ0n) is 10.1. The van der Waals surface area contributed by atoms with Crippen LogP contribution in [0.3, 0.4) is 0 Å². The first-order valence-corrected chi connectivity index (χ1v) is 6.69. The first kappa shape index (κ1) is 12.1. The van der Waals surface area contributed by atoms with Crippen LogP contribution in [0.5, 0.6) is 0 Å². The van der Waals surface area contributed by atoms with Gasteiger partial charge in [0, 0.05) is 10.3 Å². The summed E-state index contributed by atoms with van der Waals surface area (Å²) >= 11 is 1.70. The molecule has 1 N–H and O–H groups in total. The van der Waals surface area contributed by atoms with Crippen LogP contribution in [0, 0.1) is 17.2 Å². The highest BCUT2D eigenvalue weighted by Crippen LogP contribution is 2.29. The molecule has 0 amide bonds. The van der Waals surface area contributed by atoms with E-state index in [0.717, 1.165) is 12.1 Å². The SMILES string of the molecule is CC(C)CNC(C#N)c1csc2ccccc12. The average molecular weight is 244 g/mol. The Morgan fingerprint density at radius 2 is 2.12 bits per heavy atom. The molecule has 2 aromatic rings. The Hall–Kier alpha value is -1.37. The molecule has 2 nitrogen and oxygen atoms in total. The maximum absolute atomic E-state index is 9.26.